The summed E-state index contributed by atoms with van der Waals surface area (Å²) >= 11 is -2.42. The van der Waals surface area contributed by atoms with E-state index in [2.05, 4.69) is 76.2 Å². The van der Waals surface area contributed by atoms with Gasteiger partial charge in [0.15, 0.2) is 0 Å². The van der Waals surface area contributed by atoms with E-state index >= 15 is 0 Å². The Kier molecular flexibility index (Phi) is 15.5. The van der Waals surface area contributed by atoms with Gasteiger partial charge in [-0.15, -0.1) is 0 Å². The fourth-order valence-electron chi connectivity index (χ4n) is 7.41. The van der Waals surface area contributed by atoms with Crippen LogP contribution in [0.3, 0.4) is 0 Å². The van der Waals surface area contributed by atoms with E-state index in [1.54, 1.807) is 13.3 Å². The molecule has 0 aromatic carbocycles. The molecule has 0 N–H and O–H groups in total. The monoisotopic (exact) mass is 604 g/mol. The molecule has 1 aliphatic rings. The predicted octanol–water partition coefficient (Wildman–Crippen LogP) is 10.4. The number of unbranched alkanes of at least 4 members (excludes halogenated alkanes) is 3. The van der Waals surface area contributed by atoms with E-state index < -0.39 is 26.7 Å². The van der Waals surface area contributed by atoms with Crippen LogP contribution in [0.5, 0.6) is 0 Å². The van der Waals surface area contributed by atoms with Crippen LogP contribution in [-0.4, -0.2) is 43.5 Å². The third-order valence-electron chi connectivity index (χ3n) is 9.37. The maximum atomic E-state index is 7.29. The zero-order valence-electron chi connectivity index (χ0n) is 25.3. The Labute approximate surface area is 221 Å². The van der Waals surface area contributed by atoms with Crippen LogP contribution >= 0.6 is 0 Å². The molecule has 0 bridgehead atoms. The van der Waals surface area contributed by atoms with Crippen molar-refractivity contribution in [1.29, 1.82) is 0 Å². The predicted molar refractivity (Wildman–Crippen MR) is 158 cm³/mol. The van der Waals surface area contributed by atoms with Gasteiger partial charge in [-0.2, -0.15) is 0 Å². The fourth-order valence-corrected chi connectivity index (χ4v) is 31.8. The second-order valence-electron chi connectivity index (χ2n) is 12.9. The third kappa shape index (κ3) is 8.48. The van der Waals surface area contributed by atoms with Crippen LogP contribution in [0.25, 0.3) is 0 Å². The summed E-state index contributed by atoms with van der Waals surface area (Å²) < 4.78 is 19.6. The summed E-state index contributed by atoms with van der Waals surface area (Å²) in [5.41, 5.74) is 1.96. The zero-order chi connectivity index (χ0) is 25.9. The second kappa shape index (κ2) is 16.0. The molecule has 0 amide bonds. The molecule has 0 aromatic rings. The fraction of sp³-hybridized carbons (Fsp3) is 1.00. The van der Waals surface area contributed by atoms with Crippen LogP contribution in [0, 0.1) is 11.8 Å². The molecular weight excluding hydrogens is 539 g/mol. The van der Waals surface area contributed by atoms with Crippen molar-refractivity contribution in [2.45, 2.75) is 168 Å². The molecule has 0 unspecified atom stereocenters. The van der Waals surface area contributed by atoms with Gasteiger partial charge in [0.1, 0.15) is 0 Å². The van der Waals surface area contributed by atoms with Crippen molar-refractivity contribution in [2.75, 3.05) is 6.61 Å². The Morgan fingerprint density at radius 1 is 0.765 bits per heavy atom. The molecule has 1 heterocycles. The van der Waals surface area contributed by atoms with Gasteiger partial charge >= 0.3 is 222 Å². The molecule has 34 heavy (non-hydrogen) atoms. The second-order valence-corrected chi connectivity index (χ2v) is 32.1. The van der Waals surface area contributed by atoms with E-state index in [0.29, 0.717) is 32.8 Å². The third-order valence-corrected chi connectivity index (χ3v) is 32.5. The quantitative estimate of drug-likeness (QED) is 0.154. The van der Waals surface area contributed by atoms with Gasteiger partial charge in [-0.25, -0.2) is 0 Å². The Morgan fingerprint density at radius 2 is 1.21 bits per heavy atom. The standard InChI is InChI=1S/C18H37O2Si.3C4H9.Sn/c1-13(2)21(14(3)4,15(5)6)20-12-17(8)18-10-9-16(7)11-19-18;3*1-3-4-2;/h11,13-18H,9-10,12H2,1-8H3;3*1,3-4H2,2H3;/t16-,17+,18-;;;;/m0..../s1. The molecule has 1 aliphatic heterocycles. The summed E-state index contributed by atoms with van der Waals surface area (Å²) in [5, 5.41) is 0. The van der Waals surface area contributed by atoms with Gasteiger partial charge < -0.3 is 0 Å². The summed E-state index contributed by atoms with van der Waals surface area (Å²) in [6.07, 6.45) is 11.3. The van der Waals surface area contributed by atoms with Crippen LogP contribution in [0.15, 0.2) is 0 Å². The van der Waals surface area contributed by atoms with E-state index in [4.69, 9.17) is 9.16 Å². The molecule has 1 rings (SSSR count). The average molecular weight is 604 g/mol. The molecule has 0 radical (unpaired) electrons. The molecular formula is C30H64O2SiSn. The molecule has 204 valence electrons. The molecule has 1 fully saturated rings. The minimum atomic E-state index is -2.42. The molecule has 0 saturated carbocycles. The Morgan fingerprint density at radius 3 is 1.59 bits per heavy atom. The average Bonchev–Trinajstić information content (AvgIpc) is 2.79. The number of hydrogen-bond donors (Lipinski definition) is 0. The van der Waals surface area contributed by atoms with Crippen LogP contribution in [0.4, 0.5) is 0 Å². The van der Waals surface area contributed by atoms with Crippen molar-refractivity contribution in [1.82, 2.24) is 0 Å². The molecule has 4 atom stereocenters. The Hall–Kier alpha value is 0.936. The van der Waals surface area contributed by atoms with Crippen molar-refractivity contribution in [3.63, 3.8) is 0 Å². The first kappa shape index (κ1) is 33.0. The minimum absolute atomic E-state index is 0.403. The summed E-state index contributed by atoms with van der Waals surface area (Å²) in [4.78, 5) is 0. The summed E-state index contributed by atoms with van der Waals surface area (Å²) in [6.45, 7) is 27.5. The van der Waals surface area contributed by atoms with Crippen molar-refractivity contribution in [2.24, 2.45) is 11.8 Å². The zero-order valence-corrected chi connectivity index (χ0v) is 29.2. The van der Waals surface area contributed by atoms with Crippen molar-refractivity contribution in [3.8, 4) is 0 Å². The summed E-state index contributed by atoms with van der Waals surface area (Å²) in [6, 6.07) is 0. The molecule has 1 saturated heterocycles. The van der Waals surface area contributed by atoms with E-state index in [1.807, 2.05) is 0 Å². The maximum absolute atomic E-state index is 7.29. The first-order valence-electron chi connectivity index (χ1n) is 15.3. The van der Waals surface area contributed by atoms with Crippen molar-refractivity contribution in [3.05, 3.63) is 0 Å². The number of ether oxygens (including phenoxy) is 1. The first-order chi connectivity index (χ1) is 16.0. The molecule has 2 nitrogen and oxygen atoms in total. The van der Waals surface area contributed by atoms with Gasteiger partial charge in [0.25, 0.3) is 0 Å². The SMILES string of the molecule is CCC[CH2][Sn]([CH2]CCC)([CH2]CCC)[C@H]1O[C@H]([C@H](C)CO[Si](C(C)C)(C(C)C)C(C)C)CC[C@@H]1C. The van der Waals surface area contributed by atoms with Gasteiger partial charge in [0.2, 0.25) is 0 Å². The van der Waals surface area contributed by atoms with Gasteiger partial charge in [0.05, 0.1) is 0 Å². The molecule has 4 heteroatoms. The summed E-state index contributed by atoms with van der Waals surface area (Å²) in [7, 11) is -1.82. The van der Waals surface area contributed by atoms with Crippen LogP contribution < -0.4 is 0 Å². The van der Waals surface area contributed by atoms with Gasteiger partial charge in [0, 0.05) is 0 Å². The summed E-state index contributed by atoms with van der Waals surface area (Å²) in [5.74, 6) is 1.27. The topological polar surface area (TPSA) is 18.5 Å². The van der Waals surface area contributed by atoms with E-state index in [-0.39, 0.29) is 0 Å². The first-order valence-corrected chi connectivity index (χ1v) is 25.2. The van der Waals surface area contributed by atoms with Crippen LogP contribution in [-0.2, 0) is 9.16 Å². The number of rotatable bonds is 17. The Balaban J connectivity index is 3.08. The van der Waals surface area contributed by atoms with Crippen LogP contribution in [0.1, 0.15) is 128 Å². The van der Waals surface area contributed by atoms with E-state index in [9.17, 15) is 0 Å². The van der Waals surface area contributed by atoms with Crippen molar-refractivity contribution < 1.29 is 9.16 Å². The van der Waals surface area contributed by atoms with Crippen LogP contribution in [0.2, 0.25) is 29.9 Å². The normalized spacial score (nSPS) is 23.3. The Bertz CT molecular complexity index is 492. The number of hydrogen-bond acceptors (Lipinski definition) is 2. The van der Waals surface area contributed by atoms with Gasteiger partial charge in [-0.05, 0) is 0 Å². The van der Waals surface area contributed by atoms with Crippen molar-refractivity contribution >= 4 is 26.7 Å². The molecule has 0 aliphatic carbocycles. The van der Waals surface area contributed by atoms with E-state index in [0.717, 1.165) is 12.5 Å². The van der Waals surface area contributed by atoms with E-state index in [1.165, 1.54) is 51.4 Å². The molecule has 0 spiro atoms. The van der Waals surface area contributed by atoms with Gasteiger partial charge in [-0.3, -0.25) is 0 Å². The molecule has 0 aromatic heterocycles. The van der Waals surface area contributed by atoms with Gasteiger partial charge in [-0.1, -0.05) is 0 Å².